The van der Waals surface area contributed by atoms with Gasteiger partial charge in [0.2, 0.25) is 5.89 Å². The van der Waals surface area contributed by atoms with Crippen LogP contribution in [-0.4, -0.2) is 37.7 Å². The maximum Gasteiger partial charge on any atom is 0.356 e. The number of hydrogen-bond donors (Lipinski definition) is 1. The summed E-state index contributed by atoms with van der Waals surface area (Å²) in [5, 5.41) is 12.9. The standard InChI is InChI=1S/C14H17N5O3/c1-8(2)13-17-12(18-22-13)10-4-3-5-19(10)11-7-15-9(6-16-11)14(20)21/h6-8,10H,3-5H2,1-2H3,(H,20,21). The largest absolute Gasteiger partial charge is 0.476 e. The molecular formula is C14H17N5O3. The first kappa shape index (κ1) is 14.4. The van der Waals surface area contributed by atoms with E-state index in [1.807, 2.05) is 18.7 Å². The van der Waals surface area contributed by atoms with Gasteiger partial charge in [0, 0.05) is 12.5 Å². The number of nitrogens with zero attached hydrogens (tertiary/aromatic N) is 5. The minimum absolute atomic E-state index is 0.0128. The molecule has 3 rings (SSSR count). The van der Waals surface area contributed by atoms with E-state index in [0.29, 0.717) is 17.5 Å². The number of hydrogen-bond acceptors (Lipinski definition) is 7. The number of carboxylic acid groups (broad SMARTS) is 1. The normalized spacial score (nSPS) is 18.1. The molecule has 0 radical (unpaired) electrons. The minimum Gasteiger partial charge on any atom is -0.476 e. The van der Waals surface area contributed by atoms with E-state index >= 15 is 0 Å². The molecule has 2 aromatic heterocycles. The summed E-state index contributed by atoms with van der Waals surface area (Å²) in [6.45, 7) is 4.80. The highest BCUT2D eigenvalue weighted by atomic mass is 16.5. The fourth-order valence-corrected chi connectivity index (χ4v) is 2.51. The lowest BCUT2D eigenvalue weighted by Gasteiger charge is -2.22. The van der Waals surface area contributed by atoms with E-state index in [9.17, 15) is 4.79 Å². The van der Waals surface area contributed by atoms with Crippen LogP contribution in [0, 0.1) is 0 Å². The summed E-state index contributed by atoms with van der Waals surface area (Å²) in [4.78, 5) is 25.4. The molecule has 3 heterocycles. The number of anilines is 1. The number of carbonyl (C=O) groups is 1. The van der Waals surface area contributed by atoms with Crippen molar-refractivity contribution in [3.8, 4) is 0 Å². The topological polar surface area (TPSA) is 105 Å². The zero-order chi connectivity index (χ0) is 15.7. The third-order valence-corrected chi connectivity index (χ3v) is 3.65. The average Bonchev–Trinajstić information content (AvgIpc) is 3.16. The highest BCUT2D eigenvalue weighted by molar-refractivity contribution is 5.84. The van der Waals surface area contributed by atoms with Crippen LogP contribution in [-0.2, 0) is 0 Å². The molecule has 0 aromatic carbocycles. The molecule has 1 saturated heterocycles. The first-order valence-electron chi connectivity index (χ1n) is 7.21. The summed E-state index contributed by atoms with van der Waals surface area (Å²) in [6.07, 6.45) is 4.63. The summed E-state index contributed by atoms with van der Waals surface area (Å²) < 4.78 is 5.27. The predicted octanol–water partition coefficient (Wildman–Crippen LogP) is 2.02. The number of aromatic nitrogens is 4. The second kappa shape index (κ2) is 5.70. The Morgan fingerprint density at radius 3 is 2.82 bits per heavy atom. The van der Waals surface area contributed by atoms with Gasteiger partial charge in [0.05, 0.1) is 18.4 Å². The van der Waals surface area contributed by atoms with Crippen molar-refractivity contribution in [1.82, 2.24) is 20.1 Å². The smallest absolute Gasteiger partial charge is 0.356 e. The van der Waals surface area contributed by atoms with E-state index in [1.165, 1.54) is 12.4 Å². The van der Waals surface area contributed by atoms with Crippen LogP contribution in [0.25, 0.3) is 0 Å². The van der Waals surface area contributed by atoms with E-state index in [4.69, 9.17) is 9.63 Å². The van der Waals surface area contributed by atoms with Crippen molar-refractivity contribution in [1.29, 1.82) is 0 Å². The van der Waals surface area contributed by atoms with Gasteiger partial charge >= 0.3 is 5.97 Å². The predicted molar refractivity (Wildman–Crippen MR) is 76.7 cm³/mol. The molecule has 8 nitrogen and oxygen atoms in total. The summed E-state index contributed by atoms with van der Waals surface area (Å²) in [5.41, 5.74) is -0.0684. The van der Waals surface area contributed by atoms with Crippen molar-refractivity contribution in [2.45, 2.75) is 38.6 Å². The van der Waals surface area contributed by atoms with Gasteiger partial charge < -0.3 is 14.5 Å². The molecular weight excluding hydrogens is 286 g/mol. The van der Waals surface area contributed by atoms with Crippen LogP contribution in [0.1, 0.15) is 60.9 Å². The van der Waals surface area contributed by atoms with E-state index in [1.54, 1.807) is 0 Å². The van der Waals surface area contributed by atoms with Gasteiger partial charge in [-0.2, -0.15) is 4.98 Å². The molecule has 1 fully saturated rings. The molecule has 0 spiro atoms. The van der Waals surface area contributed by atoms with E-state index in [2.05, 4.69) is 20.1 Å². The molecule has 1 atom stereocenters. The zero-order valence-corrected chi connectivity index (χ0v) is 12.4. The Morgan fingerprint density at radius 2 is 2.23 bits per heavy atom. The van der Waals surface area contributed by atoms with Crippen LogP contribution in [0.3, 0.4) is 0 Å². The van der Waals surface area contributed by atoms with Crippen molar-refractivity contribution in [3.63, 3.8) is 0 Å². The zero-order valence-electron chi connectivity index (χ0n) is 12.4. The Kier molecular flexibility index (Phi) is 3.74. The second-order valence-corrected chi connectivity index (χ2v) is 5.56. The van der Waals surface area contributed by atoms with Gasteiger partial charge in [0.15, 0.2) is 11.5 Å². The minimum atomic E-state index is -1.09. The first-order chi connectivity index (χ1) is 10.6. The Balaban J connectivity index is 1.84. The third kappa shape index (κ3) is 2.63. The van der Waals surface area contributed by atoms with Gasteiger partial charge in [-0.3, -0.25) is 0 Å². The Morgan fingerprint density at radius 1 is 1.41 bits per heavy atom. The van der Waals surface area contributed by atoms with Crippen molar-refractivity contribution < 1.29 is 14.4 Å². The van der Waals surface area contributed by atoms with Crippen molar-refractivity contribution in [3.05, 3.63) is 29.8 Å². The molecule has 0 aliphatic carbocycles. The molecule has 22 heavy (non-hydrogen) atoms. The van der Waals surface area contributed by atoms with Gasteiger partial charge in [0.25, 0.3) is 0 Å². The van der Waals surface area contributed by atoms with Gasteiger partial charge in [-0.25, -0.2) is 14.8 Å². The summed E-state index contributed by atoms with van der Waals surface area (Å²) in [6, 6.07) is -0.0128. The van der Waals surface area contributed by atoms with Crippen molar-refractivity contribution in [2.75, 3.05) is 11.4 Å². The number of aromatic carboxylic acids is 1. The highest BCUT2D eigenvalue weighted by Gasteiger charge is 2.31. The van der Waals surface area contributed by atoms with E-state index in [-0.39, 0.29) is 17.7 Å². The molecule has 0 amide bonds. The van der Waals surface area contributed by atoms with Crippen LogP contribution < -0.4 is 4.90 Å². The van der Waals surface area contributed by atoms with Crippen molar-refractivity contribution >= 4 is 11.8 Å². The summed E-state index contributed by atoms with van der Waals surface area (Å²) >= 11 is 0. The molecule has 1 aliphatic rings. The summed E-state index contributed by atoms with van der Waals surface area (Å²) in [7, 11) is 0. The monoisotopic (exact) mass is 303 g/mol. The molecule has 116 valence electrons. The molecule has 2 aromatic rings. The lowest BCUT2D eigenvalue weighted by atomic mass is 10.2. The fraction of sp³-hybridized carbons (Fsp3) is 0.500. The van der Waals surface area contributed by atoms with Crippen LogP contribution >= 0.6 is 0 Å². The molecule has 0 bridgehead atoms. The first-order valence-corrected chi connectivity index (χ1v) is 7.21. The van der Waals surface area contributed by atoms with Gasteiger partial charge in [-0.05, 0) is 12.8 Å². The lowest BCUT2D eigenvalue weighted by Crippen LogP contribution is -2.24. The molecule has 1 aliphatic heterocycles. The highest BCUT2D eigenvalue weighted by Crippen LogP contribution is 2.33. The molecule has 8 heteroatoms. The summed E-state index contributed by atoms with van der Waals surface area (Å²) in [5.74, 6) is 0.991. The van der Waals surface area contributed by atoms with E-state index < -0.39 is 5.97 Å². The van der Waals surface area contributed by atoms with Gasteiger partial charge in [0.1, 0.15) is 5.82 Å². The maximum atomic E-state index is 10.8. The van der Waals surface area contributed by atoms with Crippen LogP contribution in [0.4, 0.5) is 5.82 Å². The van der Waals surface area contributed by atoms with Crippen LogP contribution in [0.5, 0.6) is 0 Å². The Hall–Kier alpha value is -2.51. The van der Waals surface area contributed by atoms with Gasteiger partial charge in [-0.1, -0.05) is 19.0 Å². The van der Waals surface area contributed by atoms with Crippen LogP contribution in [0.15, 0.2) is 16.9 Å². The SMILES string of the molecule is CC(C)c1nc(C2CCCN2c2cnc(C(=O)O)cn2)no1. The molecule has 1 N–H and O–H groups in total. The quantitative estimate of drug-likeness (QED) is 0.914. The lowest BCUT2D eigenvalue weighted by molar-refractivity contribution is 0.0690. The Bertz CT molecular complexity index is 667. The average molecular weight is 303 g/mol. The maximum absolute atomic E-state index is 10.8. The van der Waals surface area contributed by atoms with Gasteiger partial charge in [-0.15, -0.1) is 0 Å². The second-order valence-electron chi connectivity index (χ2n) is 5.56. The molecule has 0 saturated carbocycles. The van der Waals surface area contributed by atoms with Crippen LogP contribution in [0.2, 0.25) is 0 Å². The van der Waals surface area contributed by atoms with Crippen molar-refractivity contribution in [2.24, 2.45) is 0 Å². The number of carboxylic acids is 1. The number of rotatable bonds is 4. The fourth-order valence-electron chi connectivity index (χ4n) is 2.51. The Labute approximate surface area is 127 Å². The third-order valence-electron chi connectivity index (χ3n) is 3.65. The molecule has 1 unspecified atom stereocenters. The van der Waals surface area contributed by atoms with E-state index in [0.717, 1.165) is 19.4 Å².